The number of benzene rings is 7. The number of rotatable bonds is 4. The summed E-state index contributed by atoms with van der Waals surface area (Å²) < 4.78 is 4.78. The molecule has 0 amide bonds. The molecule has 2 N–H and O–H groups in total. The van der Waals surface area contributed by atoms with Gasteiger partial charge in [-0.05, 0) is 129 Å². The number of nitrogens with zero attached hydrogens (tertiary/aromatic N) is 2. The molecule has 54 heavy (non-hydrogen) atoms. The van der Waals surface area contributed by atoms with Gasteiger partial charge in [0.25, 0.3) is 0 Å². The zero-order valence-electron chi connectivity index (χ0n) is 29.2. The number of pyridine rings is 2. The van der Waals surface area contributed by atoms with Gasteiger partial charge < -0.3 is 19.1 Å². The standard InChI is InChI=1S/C50H32N4/c1-3-9-35(10-4-1)53-45-14-8-7-13-38(45)42-28-32(16-20-46(42)53)34-18-22-48-44(30-34)43-29-33(17-21-47(43)54(48)36-11-5-2-6-12-36)31-15-19-37-39-23-25-51-50-49(39)40(24-26-52-50)41(37)27-31/h1-30,51-52H. The van der Waals surface area contributed by atoms with Crippen LogP contribution in [0.4, 0.5) is 0 Å². The molecule has 0 bridgehead atoms. The zero-order chi connectivity index (χ0) is 35.3. The lowest BCUT2D eigenvalue weighted by molar-refractivity contribution is 1.18. The summed E-state index contributed by atoms with van der Waals surface area (Å²) in [6, 6.07) is 62.3. The summed E-state index contributed by atoms with van der Waals surface area (Å²) in [6.45, 7) is 0. The van der Waals surface area contributed by atoms with E-state index in [1.165, 1.54) is 98.5 Å². The van der Waals surface area contributed by atoms with E-state index in [-0.39, 0.29) is 0 Å². The molecule has 0 unspecified atom stereocenters. The molecule has 4 heteroatoms. The van der Waals surface area contributed by atoms with Crippen LogP contribution in [0.2, 0.25) is 0 Å². The third kappa shape index (κ3) is 4.13. The van der Waals surface area contributed by atoms with Crippen LogP contribution in [0, 0.1) is 0 Å². The van der Waals surface area contributed by atoms with Gasteiger partial charge in [0.1, 0.15) is 5.65 Å². The molecule has 0 aliphatic carbocycles. The Balaban J connectivity index is 1.07. The van der Waals surface area contributed by atoms with Gasteiger partial charge in [0, 0.05) is 50.7 Å². The highest BCUT2D eigenvalue weighted by atomic mass is 15.0. The lowest BCUT2D eigenvalue weighted by Gasteiger charge is -2.09. The average Bonchev–Trinajstić information content (AvgIpc) is 3.87. The molecule has 0 saturated heterocycles. The molecule has 4 heterocycles. The van der Waals surface area contributed by atoms with E-state index in [0.717, 1.165) is 11.3 Å². The van der Waals surface area contributed by atoms with Crippen LogP contribution in [-0.2, 0) is 0 Å². The van der Waals surface area contributed by atoms with Crippen LogP contribution in [0.3, 0.4) is 0 Å². The van der Waals surface area contributed by atoms with Gasteiger partial charge in [-0.25, -0.2) is 0 Å². The Morgan fingerprint density at radius 2 is 0.722 bits per heavy atom. The van der Waals surface area contributed by atoms with Gasteiger partial charge in [0.2, 0.25) is 0 Å². The number of nitrogens with one attached hydrogen (secondary N) is 2. The first-order valence-electron chi connectivity index (χ1n) is 18.5. The second-order valence-corrected chi connectivity index (χ2v) is 14.3. The molecule has 0 atom stereocenters. The summed E-state index contributed by atoms with van der Waals surface area (Å²) in [6.07, 6.45) is 4.05. The van der Waals surface area contributed by atoms with Crippen LogP contribution in [0.15, 0.2) is 182 Å². The van der Waals surface area contributed by atoms with Gasteiger partial charge in [-0.2, -0.15) is 0 Å². The molecule has 4 nitrogen and oxygen atoms in total. The predicted molar refractivity (Wildman–Crippen MR) is 227 cm³/mol. The highest BCUT2D eigenvalue weighted by Crippen LogP contribution is 2.42. The Labute approximate surface area is 310 Å². The SMILES string of the molecule is c1ccc(-n2c3ccccc3c3cc(-c4ccc5c(c4)c4cc(-c6ccc7c(c6)c6cc[nH]c8[nH]ccc7c86)ccc4n5-c4ccccc4)ccc32)cc1. The normalized spacial score (nSPS) is 12.1. The lowest BCUT2D eigenvalue weighted by atomic mass is 9.98. The number of para-hydroxylation sites is 3. The average molecular weight is 689 g/mol. The summed E-state index contributed by atoms with van der Waals surface area (Å²) in [7, 11) is 0. The summed E-state index contributed by atoms with van der Waals surface area (Å²) in [5.41, 5.74) is 13.0. The van der Waals surface area contributed by atoms with E-state index in [4.69, 9.17) is 0 Å². The lowest BCUT2D eigenvalue weighted by Crippen LogP contribution is -1.93. The number of aromatic amines is 2. The molecule has 12 rings (SSSR count). The predicted octanol–water partition coefficient (Wildman–Crippen LogP) is 13.3. The van der Waals surface area contributed by atoms with Crippen LogP contribution < -0.4 is 0 Å². The van der Waals surface area contributed by atoms with Crippen molar-refractivity contribution in [3.8, 4) is 33.6 Å². The van der Waals surface area contributed by atoms with Gasteiger partial charge >= 0.3 is 0 Å². The van der Waals surface area contributed by atoms with E-state index in [1.807, 2.05) is 12.4 Å². The van der Waals surface area contributed by atoms with Crippen LogP contribution in [0.25, 0.3) is 110 Å². The summed E-state index contributed by atoms with van der Waals surface area (Å²) in [4.78, 5) is 6.78. The van der Waals surface area contributed by atoms with Crippen molar-refractivity contribution in [1.82, 2.24) is 19.1 Å². The highest BCUT2D eigenvalue weighted by Gasteiger charge is 2.18. The largest absolute Gasteiger partial charge is 0.348 e. The Hall–Kier alpha value is -7.30. The fraction of sp³-hybridized carbons (Fsp3) is 0. The minimum absolute atomic E-state index is 1.05. The van der Waals surface area contributed by atoms with Crippen molar-refractivity contribution in [3.05, 3.63) is 182 Å². The zero-order valence-corrected chi connectivity index (χ0v) is 29.2. The van der Waals surface area contributed by atoms with E-state index in [9.17, 15) is 0 Å². The van der Waals surface area contributed by atoms with Gasteiger partial charge in [-0.1, -0.05) is 84.9 Å². The first kappa shape index (κ1) is 29.3. The van der Waals surface area contributed by atoms with E-state index >= 15 is 0 Å². The summed E-state index contributed by atoms with van der Waals surface area (Å²) in [5.74, 6) is 0. The van der Waals surface area contributed by atoms with E-state index in [1.54, 1.807) is 0 Å². The van der Waals surface area contributed by atoms with Crippen molar-refractivity contribution < 1.29 is 0 Å². The molecule has 0 radical (unpaired) electrons. The molecule has 252 valence electrons. The van der Waals surface area contributed by atoms with Crippen molar-refractivity contribution in [2.75, 3.05) is 0 Å². The van der Waals surface area contributed by atoms with Crippen molar-refractivity contribution in [1.29, 1.82) is 0 Å². The topological polar surface area (TPSA) is 41.4 Å². The van der Waals surface area contributed by atoms with Gasteiger partial charge in [-0.15, -0.1) is 0 Å². The maximum atomic E-state index is 3.39. The molecule has 0 saturated carbocycles. The first-order valence-corrected chi connectivity index (χ1v) is 18.5. The fourth-order valence-electron chi connectivity index (χ4n) is 9.06. The van der Waals surface area contributed by atoms with Crippen molar-refractivity contribution in [3.63, 3.8) is 0 Å². The summed E-state index contributed by atoms with van der Waals surface area (Å²) >= 11 is 0. The molecule has 8 aromatic carbocycles. The third-order valence-electron chi connectivity index (χ3n) is 11.5. The molecule has 0 aliphatic rings. The van der Waals surface area contributed by atoms with Crippen LogP contribution in [-0.4, -0.2) is 19.1 Å². The van der Waals surface area contributed by atoms with Crippen LogP contribution in [0.5, 0.6) is 0 Å². The Kier molecular flexibility index (Phi) is 6.02. The maximum absolute atomic E-state index is 3.39. The Morgan fingerprint density at radius 3 is 1.28 bits per heavy atom. The van der Waals surface area contributed by atoms with Gasteiger partial charge in [0.05, 0.1) is 22.1 Å². The summed E-state index contributed by atoms with van der Waals surface area (Å²) in [5, 5.41) is 11.3. The first-order chi connectivity index (χ1) is 26.8. The second-order valence-electron chi connectivity index (χ2n) is 14.3. The van der Waals surface area contributed by atoms with Crippen molar-refractivity contribution in [2.24, 2.45) is 0 Å². The van der Waals surface area contributed by atoms with E-state index in [2.05, 4.69) is 189 Å². The third-order valence-corrected chi connectivity index (χ3v) is 11.5. The molecular formula is C50H32N4. The Morgan fingerprint density at radius 1 is 0.296 bits per heavy atom. The number of hydrogen-bond donors (Lipinski definition) is 2. The second kappa shape index (κ2) is 11.1. The number of H-pyrrole nitrogens is 2. The highest BCUT2D eigenvalue weighted by molar-refractivity contribution is 6.29. The molecular weight excluding hydrogens is 657 g/mol. The fourth-order valence-corrected chi connectivity index (χ4v) is 9.06. The molecule has 4 aromatic heterocycles. The molecule has 0 spiro atoms. The molecule has 12 aromatic rings. The number of fused-ring (bicyclic) bond motifs is 9. The van der Waals surface area contributed by atoms with E-state index < -0.39 is 0 Å². The molecule has 0 fully saturated rings. The van der Waals surface area contributed by atoms with Crippen LogP contribution >= 0.6 is 0 Å². The monoisotopic (exact) mass is 688 g/mol. The van der Waals surface area contributed by atoms with E-state index in [0.29, 0.717) is 0 Å². The maximum Gasteiger partial charge on any atom is 0.115 e. The van der Waals surface area contributed by atoms with Gasteiger partial charge in [-0.3, -0.25) is 0 Å². The number of aromatic nitrogens is 4. The minimum atomic E-state index is 1.05. The van der Waals surface area contributed by atoms with Crippen molar-refractivity contribution in [2.45, 2.75) is 0 Å². The minimum Gasteiger partial charge on any atom is -0.348 e. The number of hydrogen-bond acceptors (Lipinski definition) is 0. The Bertz CT molecular complexity index is 3420. The van der Waals surface area contributed by atoms with Crippen molar-refractivity contribution >= 4 is 76.2 Å². The molecule has 0 aliphatic heterocycles. The smallest absolute Gasteiger partial charge is 0.115 e. The quantitative estimate of drug-likeness (QED) is 0.185. The van der Waals surface area contributed by atoms with Gasteiger partial charge in [0.15, 0.2) is 0 Å². The van der Waals surface area contributed by atoms with Crippen LogP contribution in [0.1, 0.15) is 0 Å².